The maximum Gasteiger partial charge on any atom is -0.0235 e. The number of rotatable bonds is 7. The lowest BCUT2D eigenvalue weighted by molar-refractivity contribution is -0.162. The molecule has 18 bridgehead atoms. The van der Waals surface area contributed by atoms with Gasteiger partial charge in [0.2, 0.25) is 0 Å². The molecular formula is C107H196. The molecule has 14 unspecified atom stereocenters. The van der Waals surface area contributed by atoms with Crippen LogP contribution in [0.2, 0.25) is 0 Å². The van der Waals surface area contributed by atoms with Gasteiger partial charge in [-0.15, -0.1) is 0 Å². The Morgan fingerprint density at radius 1 is 0.215 bits per heavy atom. The van der Waals surface area contributed by atoms with Gasteiger partial charge in [0.25, 0.3) is 0 Å². The van der Waals surface area contributed by atoms with Crippen LogP contribution in [0.4, 0.5) is 0 Å². The van der Waals surface area contributed by atoms with E-state index in [0.717, 1.165) is 146 Å². The highest BCUT2D eigenvalue weighted by Crippen LogP contribution is 2.77. The van der Waals surface area contributed by atoms with Crippen LogP contribution >= 0.6 is 0 Å². The van der Waals surface area contributed by atoms with Crippen molar-refractivity contribution in [3.63, 3.8) is 0 Å². The Morgan fingerprint density at radius 2 is 0.486 bits per heavy atom. The minimum Gasteiger partial charge on any atom is -0.0625 e. The summed E-state index contributed by atoms with van der Waals surface area (Å²) in [5.74, 6) is 19.8. The van der Waals surface area contributed by atoms with E-state index in [1.54, 1.807) is 19.3 Å². The summed E-state index contributed by atoms with van der Waals surface area (Å²) in [6.45, 7) is 87.5. The van der Waals surface area contributed by atoms with E-state index in [4.69, 9.17) is 0 Å². The van der Waals surface area contributed by atoms with Crippen LogP contribution in [0.25, 0.3) is 0 Å². The Morgan fingerprint density at radius 3 is 0.785 bits per heavy atom. The maximum atomic E-state index is 2.60. The van der Waals surface area contributed by atoms with Crippen molar-refractivity contribution in [3.05, 3.63) is 0 Å². The van der Waals surface area contributed by atoms with Crippen molar-refractivity contribution in [2.75, 3.05) is 0 Å². The lowest BCUT2D eigenvalue weighted by Gasteiger charge is -2.67. The molecule has 18 saturated carbocycles. The van der Waals surface area contributed by atoms with Gasteiger partial charge in [0.05, 0.1) is 0 Å². The van der Waals surface area contributed by atoms with Gasteiger partial charge in [-0.3, -0.25) is 0 Å². The van der Waals surface area contributed by atoms with Crippen molar-refractivity contribution < 1.29 is 0 Å². The van der Waals surface area contributed by atoms with Gasteiger partial charge in [0.1, 0.15) is 0 Å². The summed E-state index contributed by atoms with van der Waals surface area (Å²) in [7, 11) is 0. The largest absolute Gasteiger partial charge is 0.0625 e. The predicted octanol–water partition coefficient (Wildman–Crippen LogP) is 34.2. The first-order valence-corrected chi connectivity index (χ1v) is 48.8. The molecule has 18 fully saturated rings. The topological polar surface area (TPSA) is 0 Å². The van der Waals surface area contributed by atoms with Crippen molar-refractivity contribution in [2.24, 2.45) is 211 Å². The fourth-order valence-electron chi connectivity index (χ4n) is 40.2. The average Bonchev–Trinajstić information content (AvgIpc) is 1.68. The third-order valence-electron chi connectivity index (χ3n) is 38.1. The summed E-state index contributed by atoms with van der Waals surface area (Å²) in [6.07, 6.45) is 52.4. The monoisotopic (exact) mass is 1480 g/mol. The van der Waals surface area contributed by atoms with E-state index in [1.807, 2.05) is 0 Å². The highest BCUT2D eigenvalue weighted by atomic mass is 14.7. The van der Waals surface area contributed by atoms with Gasteiger partial charge in [0.15, 0.2) is 0 Å². The van der Waals surface area contributed by atoms with Gasteiger partial charge in [-0.1, -0.05) is 249 Å². The third kappa shape index (κ3) is 19.3. The lowest BCUT2D eigenvalue weighted by atomic mass is 9.38. The third-order valence-corrected chi connectivity index (χ3v) is 38.1. The van der Waals surface area contributed by atoms with E-state index < -0.39 is 0 Å². The highest BCUT2D eigenvalue weighted by Gasteiger charge is 2.67. The molecule has 107 heavy (non-hydrogen) atoms. The zero-order valence-electron chi connectivity index (χ0n) is 79.9. The van der Waals surface area contributed by atoms with Gasteiger partial charge in [-0.2, -0.15) is 0 Å². The van der Waals surface area contributed by atoms with Crippen molar-refractivity contribution in [1.29, 1.82) is 0 Å². The minimum atomic E-state index is 0.608. The fraction of sp³-hybridized carbons (Fsp3) is 1.00. The summed E-state index contributed by atoms with van der Waals surface area (Å²) in [5, 5.41) is 0. The van der Waals surface area contributed by atoms with Crippen LogP contribution in [-0.4, -0.2) is 0 Å². The van der Waals surface area contributed by atoms with E-state index in [-0.39, 0.29) is 0 Å². The van der Waals surface area contributed by atoms with Gasteiger partial charge < -0.3 is 0 Å². The van der Waals surface area contributed by atoms with Gasteiger partial charge in [0, 0.05) is 0 Å². The Labute approximate surface area is 673 Å². The van der Waals surface area contributed by atoms with Crippen molar-refractivity contribution in [3.8, 4) is 0 Å². The summed E-state index contributed by atoms with van der Waals surface area (Å²) in [5.41, 5.74) is 10.8. The molecule has 624 valence electrons. The lowest BCUT2D eigenvalue weighted by Crippen LogP contribution is -2.56. The van der Waals surface area contributed by atoms with Crippen LogP contribution in [0.1, 0.15) is 467 Å². The molecule has 0 aromatic rings. The van der Waals surface area contributed by atoms with Crippen LogP contribution in [0, 0.1) is 211 Å². The molecule has 0 aromatic carbocycles. The van der Waals surface area contributed by atoms with Crippen molar-refractivity contribution in [2.45, 2.75) is 467 Å². The standard InChI is InChI=1S/C17H32.C16H30.C15H26.3C15H28.C14H24/c1-12(2)15-16(5)8-7-13(3)9-17(15,6)11-14(4)10-16;1-11(2)14-15(5)7-12(3)8-16(14,6)10-13(4)9-15;1-11(2)15-7-12-5-13(3,9-15)8-14(4,6-12)10-15;1-11(2)15-8-12(3)6-14(5,10-15)7-13(4)9-15;2*1-11(2)13-8-14(4)6-12(3)7-15(5,9-13)10-14;1-10(2)14-8-12(3)5-11(14)6-13(4,7-12)9-14/h12-15H,7-11H2,1-6H3;11-14H,7-10H2,1-6H3;11-12H,5-10H2,1-4H3;3*11-13H,6-10H2,1-5H3;10-11H,5-9H2,1-4H3/t13?,14?,15-,16?,17?;;;;;;/m0....../s1. The molecule has 0 spiro atoms. The van der Waals surface area contributed by atoms with Crippen molar-refractivity contribution in [1.82, 2.24) is 0 Å². The SMILES string of the molecule is CC(C)C12CC3(C)CC1CC(C)(C3)C2.CC(C)C12CC3CC(C)(CC(C)(C3)C1)C2.CC1CC2(C)CC(C(C)C)CC(C)(C1)C2.CC1CC2(C)CC(C(C)C)CC(C)(C1)C2.CC1CC2(C)CC(C)CC(C(C)C)(C1)C2.CC1CC2(C)CC(C)CC(C)(C1)C2C(C)C.CC1CCC2(C)CC(C)CC(C)(C1)[C@H]2C(C)C. The van der Waals surface area contributed by atoms with Crippen LogP contribution in [-0.2, 0) is 0 Å². The normalized spacial score (nSPS) is 53.4. The molecule has 0 nitrogen and oxygen atoms in total. The predicted molar refractivity (Wildman–Crippen MR) is 472 cm³/mol. The van der Waals surface area contributed by atoms with Gasteiger partial charge in [-0.05, 0) is 429 Å². The average molecular weight is 1480 g/mol. The first-order valence-electron chi connectivity index (χ1n) is 48.8. The van der Waals surface area contributed by atoms with E-state index in [9.17, 15) is 0 Å². The number of fused-ring (bicyclic) bond motifs is 10. The summed E-state index contributed by atoms with van der Waals surface area (Å²) < 4.78 is 0. The molecule has 15 atom stereocenters. The summed E-state index contributed by atoms with van der Waals surface area (Å²) in [4.78, 5) is 0. The molecule has 0 aromatic heterocycles. The smallest absolute Gasteiger partial charge is 0.0235 e. The molecular weight excluding hydrogens is 1290 g/mol. The Hall–Kier alpha value is 0. The molecule has 0 saturated heterocycles. The zero-order chi connectivity index (χ0) is 79.9. The first kappa shape index (κ1) is 89.3. The van der Waals surface area contributed by atoms with Crippen molar-refractivity contribution >= 4 is 0 Å². The van der Waals surface area contributed by atoms with E-state index in [1.165, 1.54) is 205 Å². The second-order valence-electron chi connectivity index (χ2n) is 55.2. The summed E-state index contributed by atoms with van der Waals surface area (Å²) in [6, 6.07) is 0. The van der Waals surface area contributed by atoms with Gasteiger partial charge >= 0.3 is 0 Å². The molecule has 0 heteroatoms. The zero-order valence-corrected chi connectivity index (χ0v) is 79.9. The molecule has 18 aliphatic carbocycles. The molecule has 0 amide bonds. The maximum absolute atomic E-state index is 2.60. The number of hydrogen-bond acceptors (Lipinski definition) is 0. The molecule has 0 aliphatic heterocycles. The van der Waals surface area contributed by atoms with Crippen LogP contribution in [0.15, 0.2) is 0 Å². The summed E-state index contributed by atoms with van der Waals surface area (Å²) >= 11 is 0. The van der Waals surface area contributed by atoms with Crippen LogP contribution in [0.5, 0.6) is 0 Å². The second-order valence-corrected chi connectivity index (χ2v) is 55.2. The Bertz CT molecular complexity index is 2690. The Kier molecular flexibility index (Phi) is 25.9. The first-order chi connectivity index (χ1) is 48.8. The van der Waals surface area contributed by atoms with Crippen LogP contribution in [0.3, 0.4) is 0 Å². The Balaban J connectivity index is 0.000000133. The minimum absolute atomic E-state index is 0.608. The molecule has 18 aliphatic rings. The molecule has 0 N–H and O–H groups in total. The van der Waals surface area contributed by atoms with Crippen LogP contribution < -0.4 is 0 Å². The molecule has 18 rings (SSSR count). The molecule has 0 radical (unpaired) electrons. The van der Waals surface area contributed by atoms with E-state index >= 15 is 0 Å². The van der Waals surface area contributed by atoms with E-state index in [0.29, 0.717) is 65.0 Å². The fourth-order valence-corrected chi connectivity index (χ4v) is 40.2. The second kappa shape index (κ2) is 31.1. The van der Waals surface area contributed by atoms with E-state index in [2.05, 4.69) is 242 Å². The van der Waals surface area contributed by atoms with Gasteiger partial charge in [-0.25, -0.2) is 0 Å². The molecule has 0 heterocycles. The quantitative estimate of drug-likeness (QED) is 0.238. The highest BCUT2D eigenvalue weighted by molar-refractivity contribution is 5.17. The number of hydrogen-bond donors (Lipinski definition) is 0.